The molecule has 0 aromatic heterocycles. The molecule has 0 atom stereocenters. The van der Waals surface area contributed by atoms with Gasteiger partial charge in [-0.25, -0.2) is 4.39 Å². The Hall–Kier alpha value is -1.37. The van der Waals surface area contributed by atoms with E-state index in [1.165, 1.54) is 17.8 Å². The number of amidine groups is 1. The van der Waals surface area contributed by atoms with Gasteiger partial charge < -0.3 is 5.73 Å². The SMILES string of the molecule is CSC(N)=NC(=O)C1=CCC=CC(F)=C1CCc1cc(Cl)ccc1Br. The summed E-state index contributed by atoms with van der Waals surface area (Å²) in [5.41, 5.74) is 7.16. The summed E-state index contributed by atoms with van der Waals surface area (Å²) >= 11 is 10.7. The van der Waals surface area contributed by atoms with Gasteiger partial charge in [0.15, 0.2) is 5.17 Å². The summed E-state index contributed by atoms with van der Waals surface area (Å²) in [4.78, 5) is 16.2. The average Bonchev–Trinajstić information content (AvgIpc) is 2.77. The molecule has 3 nitrogen and oxygen atoms in total. The highest BCUT2D eigenvalue weighted by molar-refractivity contribution is 9.10. The second-order valence-electron chi connectivity index (χ2n) is 5.28. The van der Waals surface area contributed by atoms with Crippen molar-refractivity contribution in [3.8, 4) is 0 Å². The summed E-state index contributed by atoms with van der Waals surface area (Å²) < 4.78 is 15.4. The van der Waals surface area contributed by atoms with Gasteiger partial charge in [0.05, 0.1) is 0 Å². The maximum atomic E-state index is 14.5. The largest absolute Gasteiger partial charge is 0.378 e. The van der Waals surface area contributed by atoms with Crippen LogP contribution in [0.15, 0.2) is 62.9 Å². The average molecular weight is 444 g/mol. The fraction of sp³-hybridized carbons (Fsp3) is 0.222. The van der Waals surface area contributed by atoms with Gasteiger partial charge in [-0.15, -0.1) is 0 Å². The van der Waals surface area contributed by atoms with E-state index in [2.05, 4.69) is 20.9 Å². The Balaban J connectivity index is 2.29. The monoisotopic (exact) mass is 442 g/mol. The first-order valence-electron chi connectivity index (χ1n) is 7.54. The molecule has 0 radical (unpaired) electrons. The molecular formula is C18H17BrClFN2OS. The van der Waals surface area contributed by atoms with Crippen LogP contribution in [-0.2, 0) is 11.2 Å². The lowest BCUT2D eigenvalue weighted by Crippen LogP contribution is -2.12. The van der Waals surface area contributed by atoms with Crippen LogP contribution in [0.25, 0.3) is 0 Å². The number of rotatable bonds is 4. The van der Waals surface area contributed by atoms with E-state index in [9.17, 15) is 9.18 Å². The zero-order chi connectivity index (χ0) is 18.4. The van der Waals surface area contributed by atoms with E-state index in [4.69, 9.17) is 17.3 Å². The van der Waals surface area contributed by atoms with Gasteiger partial charge in [0.1, 0.15) is 5.83 Å². The van der Waals surface area contributed by atoms with Crippen LogP contribution < -0.4 is 5.73 Å². The van der Waals surface area contributed by atoms with Gasteiger partial charge in [-0.2, -0.15) is 4.99 Å². The van der Waals surface area contributed by atoms with Crippen molar-refractivity contribution in [2.24, 2.45) is 10.7 Å². The zero-order valence-corrected chi connectivity index (χ0v) is 16.7. The first-order valence-corrected chi connectivity index (χ1v) is 9.94. The van der Waals surface area contributed by atoms with Crippen LogP contribution in [0.5, 0.6) is 0 Å². The van der Waals surface area contributed by atoms with E-state index in [0.717, 1.165) is 10.0 Å². The quantitative estimate of drug-likeness (QED) is 0.504. The molecule has 7 heteroatoms. The molecule has 0 heterocycles. The van der Waals surface area contributed by atoms with Crippen molar-refractivity contribution >= 4 is 50.4 Å². The van der Waals surface area contributed by atoms with E-state index in [1.807, 2.05) is 12.1 Å². The highest BCUT2D eigenvalue weighted by Crippen LogP contribution is 2.29. The lowest BCUT2D eigenvalue weighted by atomic mass is 9.97. The molecular weight excluding hydrogens is 427 g/mol. The predicted octanol–water partition coefficient (Wildman–Crippen LogP) is 5.35. The number of carbonyl (C=O) groups is 1. The number of aryl methyl sites for hydroxylation is 1. The second-order valence-corrected chi connectivity index (χ2v) is 7.39. The van der Waals surface area contributed by atoms with Gasteiger partial charge in [0.2, 0.25) is 0 Å². The molecule has 1 amide bonds. The van der Waals surface area contributed by atoms with Gasteiger partial charge in [-0.3, -0.25) is 4.79 Å². The van der Waals surface area contributed by atoms with Gasteiger partial charge in [0.25, 0.3) is 5.91 Å². The third-order valence-corrected chi connectivity index (χ3v) is 5.16. The minimum absolute atomic E-state index is 0.153. The maximum absolute atomic E-state index is 14.5. The number of thioether (sulfide) groups is 1. The van der Waals surface area contributed by atoms with Crippen molar-refractivity contribution in [3.05, 3.63) is 68.5 Å². The van der Waals surface area contributed by atoms with E-state index in [1.54, 1.807) is 24.5 Å². The Kier molecular flexibility index (Phi) is 7.47. The Morgan fingerprint density at radius 1 is 1.44 bits per heavy atom. The summed E-state index contributed by atoms with van der Waals surface area (Å²) in [5.74, 6) is -0.945. The topological polar surface area (TPSA) is 55.4 Å². The van der Waals surface area contributed by atoms with Gasteiger partial charge >= 0.3 is 0 Å². The number of nitrogens with two attached hydrogens (primary N) is 1. The van der Waals surface area contributed by atoms with Crippen molar-refractivity contribution in [3.63, 3.8) is 0 Å². The molecule has 1 aromatic carbocycles. The number of hydrogen-bond acceptors (Lipinski definition) is 2. The highest BCUT2D eigenvalue weighted by Gasteiger charge is 2.19. The molecule has 1 aromatic rings. The van der Waals surface area contributed by atoms with E-state index >= 15 is 0 Å². The number of aliphatic imine (C=N–C) groups is 1. The smallest absolute Gasteiger partial charge is 0.279 e. The normalized spacial score (nSPS) is 15.2. The first kappa shape index (κ1) is 19.9. The van der Waals surface area contributed by atoms with Crippen LogP contribution in [0.4, 0.5) is 4.39 Å². The molecule has 2 N–H and O–H groups in total. The Morgan fingerprint density at radius 2 is 2.20 bits per heavy atom. The fourth-order valence-electron chi connectivity index (χ4n) is 2.38. The number of halogens is 3. The molecule has 25 heavy (non-hydrogen) atoms. The second kappa shape index (κ2) is 9.36. The minimum atomic E-state index is -0.522. The lowest BCUT2D eigenvalue weighted by molar-refractivity contribution is -0.114. The third-order valence-electron chi connectivity index (χ3n) is 3.64. The summed E-state index contributed by atoms with van der Waals surface area (Å²) in [7, 11) is 0. The van der Waals surface area contributed by atoms with Crippen molar-refractivity contribution in [1.82, 2.24) is 0 Å². The molecule has 0 saturated carbocycles. The number of allylic oxidation sites excluding steroid dienone is 4. The van der Waals surface area contributed by atoms with Crippen molar-refractivity contribution < 1.29 is 9.18 Å². The lowest BCUT2D eigenvalue weighted by Gasteiger charge is -2.11. The first-order chi connectivity index (χ1) is 11.9. The zero-order valence-electron chi connectivity index (χ0n) is 13.6. The van der Waals surface area contributed by atoms with Crippen molar-refractivity contribution in [2.75, 3.05) is 6.26 Å². The minimum Gasteiger partial charge on any atom is -0.378 e. The maximum Gasteiger partial charge on any atom is 0.279 e. The molecule has 0 bridgehead atoms. The molecule has 1 aliphatic carbocycles. The summed E-state index contributed by atoms with van der Waals surface area (Å²) in [6.45, 7) is 0. The predicted molar refractivity (Wildman–Crippen MR) is 108 cm³/mol. The molecule has 0 spiro atoms. The Morgan fingerprint density at radius 3 is 2.92 bits per heavy atom. The van der Waals surface area contributed by atoms with Gasteiger partial charge in [-0.05, 0) is 55.4 Å². The molecule has 0 unspecified atom stereocenters. The van der Waals surface area contributed by atoms with Gasteiger partial charge in [-0.1, -0.05) is 51.4 Å². The Labute approximate surface area is 164 Å². The number of hydrogen-bond donors (Lipinski definition) is 1. The third kappa shape index (κ3) is 5.56. The summed E-state index contributed by atoms with van der Waals surface area (Å²) in [5, 5.41) is 0.762. The molecule has 0 saturated heterocycles. The van der Waals surface area contributed by atoms with Crippen LogP contribution >= 0.6 is 39.3 Å². The molecule has 0 aliphatic heterocycles. The van der Waals surface area contributed by atoms with E-state index in [0.29, 0.717) is 29.9 Å². The van der Waals surface area contributed by atoms with Crippen molar-refractivity contribution in [1.29, 1.82) is 0 Å². The van der Waals surface area contributed by atoms with E-state index < -0.39 is 11.7 Å². The van der Waals surface area contributed by atoms with Gasteiger partial charge in [0, 0.05) is 20.6 Å². The molecule has 1 aliphatic rings. The van der Waals surface area contributed by atoms with Crippen molar-refractivity contribution in [2.45, 2.75) is 19.3 Å². The molecule has 2 rings (SSSR count). The number of benzene rings is 1. The number of carbonyl (C=O) groups excluding carboxylic acids is 1. The molecule has 132 valence electrons. The van der Waals surface area contributed by atoms with E-state index in [-0.39, 0.29) is 10.7 Å². The fourth-order valence-corrected chi connectivity index (χ4v) is 3.19. The highest BCUT2D eigenvalue weighted by atomic mass is 79.9. The molecule has 0 fully saturated rings. The number of amides is 1. The van der Waals surface area contributed by atoms with Crippen LogP contribution in [0.1, 0.15) is 18.4 Å². The standard InChI is InChI=1S/C18H17BrClFN2OS/c1-25-18(22)23-17(24)14-4-2-3-5-16(21)13(14)8-6-11-10-12(20)7-9-15(11)19/h3-5,7,9-10H,2,6,8H2,1H3,(H2,22,23,24). The number of nitrogens with zero attached hydrogens (tertiary/aromatic N) is 1. The Bertz CT molecular complexity index is 802. The van der Waals surface area contributed by atoms with Crippen LogP contribution in [0.2, 0.25) is 5.02 Å². The summed E-state index contributed by atoms with van der Waals surface area (Å²) in [6.07, 6.45) is 7.82. The van der Waals surface area contributed by atoms with Crippen LogP contribution in [-0.4, -0.2) is 17.3 Å². The van der Waals surface area contributed by atoms with Crippen LogP contribution in [0, 0.1) is 0 Å². The summed E-state index contributed by atoms with van der Waals surface area (Å²) in [6, 6.07) is 5.45. The van der Waals surface area contributed by atoms with Crippen LogP contribution in [0.3, 0.4) is 0 Å².